The van der Waals surface area contributed by atoms with Gasteiger partial charge in [-0.1, -0.05) is 0 Å². The van der Waals surface area contributed by atoms with E-state index in [1.165, 1.54) is 6.20 Å². The van der Waals surface area contributed by atoms with Gasteiger partial charge in [-0.2, -0.15) is 0 Å². The van der Waals surface area contributed by atoms with Gasteiger partial charge < -0.3 is 20.8 Å². The minimum absolute atomic E-state index is 0.0680. The molecule has 1 aromatic rings. The second-order valence-electron chi connectivity index (χ2n) is 3.69. The Morgan fingerprint density at radius 1 is 1.59 bits per heavy atom. The summed E-state index contributed by atoms with van der Waals surface area (Å²) in [6, 6.07) is 5.38. The molecule has 17 heavy (non-hydrogen) atoms. The van der Waals surface area contributed by atoms with Crippen molar-refractivity contribution < 1.29 is 9.53 Å². The van der Waals surface area contributed by atoms with Crippen molar-refractivity contribution in [3.8, 4) is 5.75 Å². The first kappa shape index (κ1) is 11.3. The molecule has 1 heterocycles. The molecule has 0 atom stereocenters. The Morgan fingerprint density at radius 3 is 3.06 bits per heavy atom. The molecular formula is C11H14N4O2. The number of hydrazine groups is 1. The molecule has 1 amide bonds. The van der Waals surface area contributed by atoms with Crippen molar-refractivity contribution in [2.24, 2.45) is 11.6 Å². The number of hydrogen-bond acceptors (Lipinski definition) is 5. The fourth-order valence-electron chi connectivity index (χ4n) is 1.62. The largest absolute Gasteiger partial charge is 0.482 e. The van der Waals surface area contributed by atoms with E-state index in [0.29, 0.717) is 17.1 Å². The van der Waals surface area contributed by atoms with Crippen molar-refractivity contribution in [1.29, 1.82) is 0 Å². The van der Waals surface area contributed by atoms with Crippen LogP contribution in [-0.4, -0.2) is 19.6 Å². The summed E-state index contributed by atoms with van der Waals surface area (Å²) in [7, 11) is 1.70. The SMILES string of the molecule is CN1C(=O)COc2ccc(/C(N)=C/NN)cc21. The number of anilines is 1. The highest BCUT2D eigenvalue weighted by molar-refractivity contribution is 5.97. The first-order valence-electron chi connectivity index (χ1n) is 5.09. The average Bonchev–Trinajstić information content (AvgIpc) is 2.34. The molecule has 90 valence electrons. The Labute approximate surface area is 98.8 Å². The van der Waals surface area contributed by atoms with Crippen LogP contribution in [0, 0.1) is 0 Å². The number of benzene rings is 1. The number of ether oxygens (including phenoxy) is 1. The van der Waals surface area contributed by atoms with E-state index >= 15 is 0 Å². The van der Waals surface area contributed by atoms with Crippen LogP contribution in [0.3, 0.4) is 0 Å². The van der Waals surface area contributed by atoms with Gasteiger partial charge in [-0.25, -0.2) is 0 Å². The summed E-state index contributed by atoms with van der Waals surface area (Å²) >= 11 is 0. The molecule has 1 aliphatic rings. The fraction of sp³-hybridized carbons (Fsp3) is 0.182. The molecule has 0 spiro atoms. The summed E-state index contributed by atoms with van der Waals surface area (Å²) in [4.78, 5) is 13.0. The highest BCUT2D eigenvalue weighted by atomic mass is 16.5. The Morgan fingerprint density at radius 2 is 2.35 bits per heavy atom. The molecular weight excluding hydrogens is 220 g/mol. The maximum absolute atomic E-state index is 11.5. The van der Waals surface area contributed by atoms with Crippen molar-refractivity contribution >= 4 is 17.3 Å². The van der Waals surface area contributed by atoms with Crippen LogP contribution in [0.15, 0.2) is 24.4 Å². The van der Waals surface area contributed by atoms with Crippen molar-refractivity contribution in [3.63, 3.8) is 0 Å². The molecule has 0 aromatic heterocycles. The third-order valence-electron chi connectivity index (χ3n) is 2.62. The van der Waals surface area contributed by atoms with Gasteiger partial charge >= 0.3 is 0 Å². The molecule has 6 heteroatoms. The summed E-state index contributed by atoms with van der Waals surface area (Å²) < 4.78 is 5.31. The molecule has 0 saturated carbocycles. The van der Waals surface area contributed by atoms with Crippen LogP contribution in [0.1, 0.15) is 5.56 Å². The first-order valence-corrected chi connectivity index (χ1v) is 5.09. The number of fused-ring (bicyclic) bond motifs is 1. The molecule has 1 aromatic carbocycles. The number of amides is 1. The second-order valence-corrected chi connectivity index (χ2v) is 3.69. The summed E-state index contributed by atoms with van der Waals surface area (Å²) in [5.74, 6) is 5.74. The number of likely N-dealkylation sites (N-methyl/N-ethyl adjacent to an activating group) is 1. The lowest BCUT2D eigenvalue weighted by Gasteiger charge is -2.26. The van der Waals surface area contributed by atoms with E-state index in [2.05, 4.69) is 5.43 Å². The van der Waals surface area contributed by atoms with Crippen LogP contribution in [0.2, 0.25) is 0 Å². The number of nitrogens with zero attached hydrogens (tertiary/aromatic N) is 1. The first-order chi connectivity index (χ1) is 8.13. The smallest absolute Gasteiger partial charge is 0.264 e. The van der Waals surface area contributed by atoms with E-state index in [0.717, 1.165) is 5.56 Å². The van der Waals surface area contributed by atoms with E-state index < -0.39 is 0 Å². The topological polar surface area (TPSA) is 93.6 Å². The van der Waals surface area contributed by atoms with Gasteiger partial charge in [0.1, 0.15) is 5.75 Å². The predicted molar refractivity (Wildman–Crippen MR) is 64.8 cm³/mol. The standard InChI is InChI=1S/C11H14N4O2/c1-15-9-4-7(8(12)5-14-13)2-3-10(9)17-6-11(15)16/h2-5,14H,6,12-13H2,1H3/b8-5-. The molecule has 5 N–H and O–H groups in total. The summed E-state index contributed by atoms with van der Waals surface area (Å²) in [6.07, 6.45) is 1.48. The average molecular weight is 234 g/mol. The number of rotatable bonds is 2. The fourth-order valence-corrected chi connectivity index (χ4v) is 1.62. The van der Waals surface area contributed by atoms with Crippen molar-refractivity contribution in [3.05, 3.63) is 30.0 Å². The lowest BCUT2D eigenvalue weighted by atomic mass is 10.1. The normalized spacial score (nSPS) is 15.3. The second kappa shape index (κ2) is 4.34. The van der Waals surface area contributed by atoms with Gasteiger partial charge in [-0.3, -0.25) is 10.6 Å². The summed E-state index contributed by atoms with van der Waals surface area (Å²) in [6.45, 7) is 0.0680. The van der Waals surface area contributed by atoms with E-state index in [9.17, 15) is 4.79 Å². The van der Waals surface area contributed by atoms with Crippen molar-refractivity contribution in [2.45, 2.75) is 0 Å². The molecule has 0 fully saturated rings. The zero-order valence-electron chi connectivity index (χ0n) is 9.43. The third kappa shape index (κ3) is 2.02. The Kier molecular flexibility index (Phi) is 2.88. The number of nitrogens with one attached hydrogen (secondary N) is 1. The van der Waals surface area contributed by atoms with Gasteiger partial charge in [0.05, 0.1) is 11.4 Å². The van der Waals surface area contributed by atoms with Gasteiger partial charge in [0.15, 0.2) is 6.61 Å². The Hall–Kier alpha value is -2.21. The van der Waals surface area contributed by atoms with Crippen LogP contribution < -0.4 is 26.6 Å². The molecule has 1 aliphatic heterocycles. The van der Waals surface area contributed by atoms with Crippen LogP contribution >= 0.6 is 0 Å². The monoisotopic (exact) mass is 234 g/mol. The highest BCUT2D eigenvalue weighted by Crippen LogP contribution is 2.32. The molecule has 6 nitrogen and oxygen atoms in total. The zero-order valence-corrected chi connectivity index (χ0v) is 9.43. The lowest BCUT2D eigenvalue weighted by molar-refractivity contribution is -0.120. The molecule has 2 rings (SSSR count). The van der Waals surface area contributed by atoms with Crippen LogP contribution in [0.5, 0.6) is 5.75 Å². The van der Waals surface area contributed by atoms with Crippen molar-refractivity contribution in [2.75, 3.05) is 18.6 Å². The maximum atomic E-state index is 11.5. The molecule has 0 radical (unpaired) electrons. The quantitative estimate of drug-likeness (QED) is 0.485. The van der Waals surface area contributed by atoms with Crippen LogP contribution in [0.4, 0.5) is 5.69 Å². The van der Waals surface area contributed by atoms with E-state index in [-0.39, 0.29) is 12.5 Å². The maximum Gasteiger partial charge on any atom is 0.264 e. The van der Waals surface area contributed by atoms with Gasteiger partial charge in [0, 0.05) is 18.8 Å². The molecule has 0 saturated heterocycles. The third-order valence-corrected chi connectivity index (χ3v) is 2.62. The molecule has 0 aliphatic carbocycles. The highest BCUT2D eigenvalue weighted by Gasteiger charge is 2.22. The van der Waals surface area contributed by atoms with E-state index in [4.69, 9.17) is 16.3 Å². The predicted octanol–water partition coefficient (Wildman–Crippen LogP) is -0.238. The van der Waals surface area contributed by atoms with Gasteiger partial charge in [0.2, 0.25) is 0 Å². The minimum atomic E-state index is -0.0887. The summed E-state index contributed by atoms with van der Waals surface area (Å²) in [5, 5.41) is 0. The van der Waals surface area contributed by atoms with Gasteiger partial charge in [-0.15, -0.1) is 0 Å². The van der Waals surface area contributed by atoms with Crippen LogP contribution in [0.25, 0.3) is 5.70 Å². The van der Waals surface area contributed by atoms with E-state index in [1.54, 1.807) is 24.1 Å². The molecule has 0 unspecified atom stereocenters. The molecule has 0 bridgehead atoms. The van der Waals surface area contributed by atoms with E-state index in [1.807, 2.05) is 6.07 Å². The minimum Gasteiger partial charge on any atom is -0.482 e. The number of nitrogens with two attached hydrogens (primary N) is 2. The number of hydrogen-bond donors (Lipinski definition) is 3. The lowest BCUT2D eigenvalue weighted by Crippen LogP contribution is -2.35. The van der Waals surface area contributed by atoms with Gasteiger partial charge in [-0.05, 0) is 18.2 Å². The number of carbonyl (C=O) groups is 1. The van der Waals surface area contributed by atoms with Crippen LogP contribution in [-0.2, 0) is 4.79 Å². The zero-order chi connectivity index (χ0) is 12.4. The van der Waals surface area contributed by atoms with Gasteiger partial charge in [0.25, 0.3) is 5.91 Å². The Bertz CT molecular complexity index is 484. The van der Waals surface area contributed by atoms with Crippen molar-refractivity contribution in [1.82, 2.24) is 5.43 Å². The number of carbonyl (C=O) groups excluding carboxylic acids is 1. The Balaban J connectivity index is 2.42. The summed E-state index contributed by atoms with van der Waals surface area (Å²) in [5.41, 5.74) is 10.1.